The molecule has 0 unspecified atom stereocenters. The second kappa shape index (κ2) is 8.47. The monoisotopic (exact) mass is 394 g/mol. The van der Waals surface area contributed by atoms with Gasteiger partial charge < -0.3 is 15.0 Å². The third kappa shape index (κ3) is 4.83. The van der Waals surface area contributed by atoms with Gasteiger partial charge in [0, 0.05) is 23.0 Å². The number of ether oxygens (including phenoxy) is 1. The summed E-state index contributed by atoms with van der Waals surface area (Å²) in [4.78, 5) is 27.3. The largest absolute Gasteiger partial charge is 0.464 e. The molecule has 1 aliphatic carbocycles. The fourth-order valence-electron chi connectivity index (χ4n) is 3.37. The summed E-state index contributed by atoms with van der Waals surface area (Å²) in [5.74, 6) is -0.395. The zero-order valence-electron chi connectivity index (χ0n) is 16.0. The molecule has 1 aliphatic rings. The van der Waals surface area contributed by atoms with E-state index in [0.717, 1.165) is 40.6 Å². The number of hydrogen-bond acceptors (Lipinski definition) is 3. The van der Waals surface area contributed by atoms with E-state index in [9.17, 15) is 14.0 Å². The highest BCUT2D eigenvalue weighted by Gasteiger charge is 2.23. The maximum atomic E-state index is 13.3. The van der Waals surface area contributed by atoms with Crippen LogP contribution in [0.4, 0.5) is 4.39 Å². The summed E-state index contributed by atoms with van der Waals surface area (Å²) >= 11 is 0. The van der Waals surface area contributed by atoms with Crippen molar-refractivity contribution in [2.75, 3.05) is 13.2 Å². The Bertz CT molecular complexity index is 1020. The SMILES string of the molecule is O=C(CCc1c(-c2ccc(F)cc2)[nH]c2ccccc12)NCC(=O)OCC1CC1. The number of fused-ring (bicyclic) bond motifs is 1. The van der Waals surface area contributed by atoms with Gasteiger partial charge in [-0.15, -0.1) is 0 Å². The standard InChI is InChI=1S/C23H23FN2O3/c24-17-9-7-16(8-10-17)23-19(18-3-1-2-4-20(18)26-23)11-12-21(27)25-13-22(28)29-14-15-5-6-15/h1-4,7-10,15,26H,5-6,11-14H2,(H,25,27). The van der Waals surface area contributed by atoms with E-state index in [2.05, 4.69) is 10.3 Å². The van der Waals surface area contributed by atoms with E-state index in [1.54, 1.807) is 12.1 Å². The van der Waals surface area contributed by atoms with Crippen molar-refractivity contribution in [2.24, 2.45) is 5.92 Å². The van der Waals surface area contributed by atoms with E-state index in [-0.39, 0.29) is 24.7 Å². The third-order valence-corrected chi connectivity index (χ3v) is 5.16. The van der Waals surface area contributed by atoms with Crippen LogP contribution in [0, 0.1) is 11.7 Å². The molecule has 3 aromatic rings. The van der Waals surface area contributed by atoms with Crippen LogP contribution in [0.3, 0.4) is 0 Å². The van der Waals surface area contributed by atoms with Gasteiger partial charge in [0.15, 0.2) is 0 Å². The Balaban J connectivity index is 1.42. The number of aromatic nitrogens is 1. The molecule has 1 amide bonds. The molecule has 4 rings (SSSR count). The van der Waals surface area contributed by atoms with Gasteiger partial charge in [0.25, 0.3) is 0 Å². The zero-order chi connectivity index (χ0) is 20.2. The summed E-state index contributed by atoms with van der Waals surface area (Å²) in [5, 5.41) is 3.66. The van der Waals surface area contributed by atoms with Crippen molar-refractivity contribution in [3.63, 3.8) is 0 Å². The average Bonchev–Trinajstić information content (AvgIpc) is 3.49. The van der Waals surface area contributed by atoms with E-state index in [1.165, 1.54) is 12.1 Å². The van der Waals surface area contributed by atoms with Crippen molar-refractivity contribution in [1.29, 1.82) is 0 Å². The number of para-hydroxylation sites is 1. The highest BCUT2D eigenvalue weighted by Crippen LogP contribution is 2.31. The Morgan fingerprint density at radius 1 is 1.10 bits per heavy atom. The van der Waals surface area contributed by atoms with Gasteiger partial charge in [0.2, 0.25) is 5.91 Å². The summed E-state index contributed by atoms with van der Waals surface area (Å²) in [6, 6.07) is 14.2. The number of H-pyrrole nitrogens is 1. The maximum Gasteiger partial charge on any atom is 0.325 e. The highest BCUT2D eigenvalue weighted by molar-refractivity contribution is 5.91. The van der Waals surface area contributed by atoms with Gasteiger partial charge in [0.1, 0.15) is 12.4 Å². The van der Waals surface area contributed by atoms with Crippen LogP contribution < -0.4 is 5.32 Å². The molecule has 1 saturated carbocycles. The lowest BCUT2D eigenvalue weighted by Crippen LogP contribution is -2.31. The Kier molecular flexibility index (Phi) is 5.60. The van der Waals surface area contributed by atoms with Crippen LogP contribution in [-0.2, 0) is 20.7 Å². The summed E-state index contributed by atoms with van der Waals surface area (Å²) < 4.78 is 18.4. The second-order valence-electron chi connectivity index (χ2n) is 7.43. The molecule has 0 atom stereocenters. The fraction of sp³-hybridized carbons (Fsp3) is 0.304. The molecule has 1 heterocycles. The van der Waals surface area contributed by atoms with Crippen LogP contribution >= 0.6 is 0 Å². The summed E-state index contributed by atoms with van der Waals surface area (Å²) in [6.07, 6.45) is 2.97. The first kappa shape index (κ1) is 19.2. The molecule has 2 aromatic carbocycles. The molecule has 0 saturated heterocycles. The smallest absolute Gasteiger partial charge is 0.325 e. The van der Waals surface area contributed by atoms with Crippen LogP contribution in [0.15, 0.2) is 48.5 Å². The predicted molar refractivity (Wildman–Crippen MR) is 109 cm³/mol. The Morgan fingerprint density at radius 3 is 2.62 bits per heavy atom. The molecule has 0 spiro atoms. The van der Waals surface area contributed by atoms with Crippen LogP contribution in [-0.4, -0.2) is 30.0 Å². The number of esters is 1. The van der Waals surface area contributed by atoms with Crippen molar-refractivity contribution in [3.05, 3.63) is 59.9 Å². The predicted octanol–water partition coefficient (Wildman–Crippen LogP) is 3.98. The lowest BCUT2D eigenvalue weighted by molar-refractivity contribution is -0.144. The number of carbonyl (C=O) groups is 2. The number of aromatic amines is 1. The quantitative estimate of drug-likeness (QED) is 0.568. The van der Waals surface area contributed by atoms with E-state index in [1.807, 2.05) is 24.3 Å². The number of halogens is 1. The summed E-state index contributed by atoms with van der Waals surface area (Å²) in [5.41, 5.74) is 3.70. The van der Waals surface area contributed by atoms with Crippen LogP contribution in [0.25, 0.3) is 22.2 Å². The lowest BCUT2D eigenvalue weighted by atomic mass is 10.0. The van der Waals surface area contributed by atoms with Crippen molar-refractivity contribution >= 4 is 22.8 Å². The van der Waals surface area contributed by atoms with E-state index in [4.69, 9.17) is 4.74 Å². The van der Waals surface area contributed by atoms with Crippen LogP contribution in [0.5, 0.6) is 0 Å². The number of amides is 1. The lowest BCUT2D eigenvalue weighted by Gasteiger charge is -2.08. The molecular weight excluding hydrogens is 371 g/mol. The Morgan fingerprint density at radius 2 is 1.86 bits per heavy atom. The molecule has 5 nitrogen and oxygen atoms in total. The number of carbonyl (C=O) groups excluding carboxylic acids is 2. The van der Waals surface area contributed by atoms with Gasteiger partial charge >= 0.3 is 5.97 Å². The van der Waals surface area contributed by atoms with E-state index < -0.39 is 5.97 Å². The van der Waals surface area contributed by atoms with Gasteiger partial charge in [-0.05, 0) is 66.6 Å². The molecule has 0 bridgehead atoms. The Labute approximate surface area is 168 Å². The van der Waals surface area contributed by atoms with Gasteiger partial charge in [-0.3, -0.25) is 9.59 Å². The summed E-state index contributed by atoms with van der Waals surface area (Å²) in [6.45, 7) is 0.343. The minimum Gasteiger partial charge on any atom is -0.464 e. The topological polar surface area (TPSA) is 71.2 Å². The van der Waals surface area contributed by atoms with Crippen molar-refractivity contribution < 1.29 is 18.7 Å². The van der Waals surface area contributed by atoms with Crippen molar-refractivity contribution in [1.82, 2.24) is 10.3 Å². The summed E-state index contributed by atoms with van der Waals surface area (Å²) in [7, 11) is 0. The molecule has 0 aliphatic heterocycles. The average molecular weight is 394 g/mol. The number of benzene rings is 2. The van der Waals surface area contributed by atoms with Crippen molar-refractivity contribution in [3.8, 4) is 11.3 Å². The van der Waals surface area contributed by atoms with Gasteiger partial charge in [-0.1, -0.05) is 18.2 Å². The van der Waals surface area contributed by atoms with Crippen LogP contribution in [0.1, 0.15) is 24.8 Å². The van der Waals surface area contributed by atoms with Gasteiger partial charge in [0.05, 0.1) is 6.61 Å². The number of aryl methyl sites for hydroxylation is 1. The van der Waals surface area contributed by atoms with Crippen molar-refractivity contribution in [2.45, 2.75) is 25.7 Å². The first-order valence-electron chi connectivity index (χ1n) is 9.88. The van der Waals surface area contributed by atoms with Gasteiger partial charge in [-0.25, -0.2) is 4.39 Å². The molecule has 1 fully saturated rings. The minimum absolute atomic E-state index is 0.107. The zero-order valence-corrected chi connectivity index (χ0v) is 16.0. The van der Waals surface area contributed by atoms with Gasteiger partial charge in [-0.2, -0.15) is 0 Å². The highest BCUT2D eigenvalue weighted by atomic mass is 19.1. The molecule has 150 valence electrons. The minimum atomic E-state index is -0.399. The number of hydrogen-bond donors (Lipinski definition) is 2. The molecule has 0 radical (unpaired) electrons. The first-order chi connectivity index (χ1) is 14.1. The number of rotatable bonds is 8. The molecule has 6 heteroatoms. The molecule has 2 N–H and O–H groups in total. The molecular formula is C23H23FN2O3. The third-order valence-electron chi connectivity index (χ3n) is 5.16. The fourth-order valence-corrected chi connectivity index (χ4v) is 3.37. The molecule has 29 heavy (non-hydrogen) atoms. The maximum absolute atomic E-state index is 13.3. The van der Waals surface area contributed by atoms with E-state index in [0.29, 0.717) is 18.9 Å². The van der Waals surface area contributed by atoms with Crippen LogP contribution in [0.2, 0.25) is 0 Å². The normalized spacial score (nSPS) is 13.4. The number of nitrogens with one attached hydrogen (secondary N) is 2. The first-order valence-corrected chi connectivity index (χ1v) is 9.88. The molecule has 1 aromatic heterocycles. The Hall–Kier alpha value is -3.15. The second-order valence-corrected chi connectivity index (χ2v) is 7.43. The van der Waals surface area contributed by atoms with E-state index >= 15 is 0 Å².